The van der Waals surface area contributed by atoms with E-state index in [1.165, 1.54) is 55.2 Å². The summed E-state index contributed by atoms with van der Waals surface area (Å²) in [5.41, 5.74) is 12.4. The first kappa shape index (κ1) is 38.6. The molecule has 2 aliphatic carbocycles. The summed E-state index contributed by atoms with van der Waals surface area (Å²) in [6.07, 6.45) is 13.5. The number of imide groups is 1. The zero-order valence-electron chi connectivity index (χ0n) is 34.3. The number of fused-ring (bicyclic) bond motifs is 3. The topological polar surface area (TPSA) is 183 Å². The summed E-state index contributed by atoms with van der Waals surface area (Å²) in [5.74, 6) is -0.0914. The van der Waals surface area contributed by atoms with Crippen molar-refractivity contribution in [3.05, 3.63) is 70.7 Å². The summed E-state index contributed by atoms with van der Waals surface area (Å²) < 4.78 is 5.93. The van der Waals surface area contributed by atoms with Gasteiger partial charge < -0.3 is 30.3 Å². The molecular weight excluding hydrogens is 761 g/mol. The molecule has 2 saturated carbocycles. The van der Waals surface area contributed by atoms with Gasteiger partial charge in [0.1, 0.15) is 11.5 Å². The predicted molar refractivity (Wildman–Crippen MR) is 225 cm³/mol. The molecule has 1 spiro atoms. The Morgan fingerprint density at radius 1 is 0.917 bits per heavy atom. The van der Waals surface area contributed by atoms with Crippen molar-refractivity contribution in [3.63, 3.8) is 0 Å². The van der Waals surface area contributed by atoms with E-state index in [9.17, 15) is 19.2 Å². The van der Waals surface area contributed by atoms with E-state index in [-0.39, 0.29) is 29.6 Å². The average Bonchev–Trinajstić information content (AvgIpc) is 3.74. The molecule has 1 unspecified atom stereocenters. The number of nitrogens with zero attached hydrogens (tertiary/aromatic N) is 7. The second kappa shape index (κ2) is 15.5. The largest absolute Gasteiger partial charge is 0.364 e. The smallest absolute Gasteiger partial charge is 0.320 e. The van der Waals surface area contributed by atoms with Crippen molar-refractivity contribution >= 4 is 52.0 Å². The molecule has 2 atom stereocenters. The van der Waals surface area contributed by atoms with Gasteiger partial charge in [-0.2, -0.15) is 0 Å². The molecule has 2 aromatic heterocycles. The number of primary amides is 1. The Morgan fingerprint density at radius 2 is 1.72 bits per heavy atom. The summed E-state index contributed by atoms with van der Waals surface area (Å²) in [5, 5.41) is 11.1. The summed E-state index contributed by atoms with van der Waals surface area (Å²) in [4.78, 5) is 67.3. The number of benzene rings is 2. The van der Waals surface area contributed by atoms with Gasteiger partial charge in [-0.1, -0.05) is 23.4 Å². The maximum absolute atomic E-state index is 12.7. The predicted octanol–water partition coefficient (Wildman–Crippen LogP) is 5.22. The molecule has 314 valence electrons. The number of nitrogens with one attached hydrogen (secondary N) is 2. The molecule has 4 aliphatic heterocycles. The number of aromatic nitrogens is 3. The number of hydrogen-bond donors (Lipinski definition) is 3. The molecule has 6 heterocycles. The highest BCUT2D eigenvalue weighted by atomic mass is 16.5. The minimum atomic E-state index is -0.638. The number of likely N-dealkylation sites (N-methyl/N-ethyl adjacent to an activating group) is 1. The average molecular weight is 815 g/mol. The van der Waals surface area contributed by atoms with Crippen LogP contribution in [0.3, 0.4) is 0 Å². The molecule has 6 aliphatic rings. The minimum absolute atomic E-state index is 0.0743. The van der Waals surface area contributed by atoms with Gasteiger partial charge in [-0.25, -0.2) is 14.8 Å². The van der Waals surface area contributed by atoms with Gasteiger partial charge in [-0.3, -0.25) is 24.6 Å². The zero-order chi connectivity index (χ0) is 41.1. The van der Waals surface area contributed by atoms with Gasteiger partial charge in [0, 0.05) is 75.4 Å². The Hall–Kier alpha value is -5.57. The zero-order valence-corrected chi connectivity index (χ0v) is 34.3. The normalized spacial score (nSPS) is 27.5. The fraction of sp³-hybridized carbons (Fsp3) is 0.533. The van der Waals surface area contributed by atoms with Crippen LogP contribution in [-0.2, 0) is 22.4 Å². The number of amides is 5. The quantitative estimate of drug-likeness (QED) is 0.198. The van der Waals surface area contributed by atoms with E-state index in [1.54, 1.807) is 11.1 Å². The molecule has 15 heteroatoms. The van der Waals surface area contributed by atoms with E-state index < -0.39 is 11.8 Å². The monoisotopic (exact) mass is 814 g/mol. The Morgan fingerprint density at radius 3 is 2.47 bits per heavy atom. The molecule has 15 nitrogen and oxygen atoms in total. The van der Waals surface area contributed by atoms with Crippen LogP contribution in [-0.4, -0.2) is 112 Å². The Balaban J connectivity index is 0.734. The highest BCUT2D eigenvalue weighted by Gasteiger charge is 2.48. The first-order chi connectivity index (χ1) is 29.1. The van der Waals surface area contributed by atoms with Crippen LogP contribution in [0.1, 0.15) is 109 Å². The minimum Gasteiger partial charge on any atom is -0.364 e. The molecule has 4 aromatic rings. The second-order valence-corrected chi connectivity index (χ2v) is 18.2. The van der Waals surface area contributed by atoms with Crippen LogP contribution in [0.2, 0.25) is 0 Å². The van der Waals surface area contributed by atoms with E-state index >= 15 is 0 Å². The molecule has 0 radical (unpaired) electrons. The van der Waals surface area contributed by atoms with E-state index in [2.05, 4.69) is 67.0 Å². The summed E-state index contributed by atoms with van der Waals surface area (Å²) in [6.45, 7) is 4.96. The van der Waals surface area contributed by atoms with E-state index in [1.807, 2.05) is 11.9 Å². The number of carbonyl (C=O) groups is 4. The fourth-order valence-corrected chi connectivity index (χ4v) is 11.2. The molecule has 0 bridgehead atoms. The lowest BCUT2D eigenvalue weighted by atomic mass is 9.56. The molecule has 10 rings (SSSR count). The van der Waals surface area contributed by atoms with Gasteiger partial charge in [0.2, 0.25) is 11.8 Å². The van der Waals surface area contributed by atoms with E-state index in [4.69, 9.17) is 15.2 Å². The highest BCUT2D eigenvalue weighted by Crippen LogP contribution is 2.56. The molecular formula is C45H54N10O5. The number of urea groups is 1. The van der Waals surface area contributed by atoms with Crippen molar-refractivity contribution in [2.45, 2.75) is 101 Å². The molecule has 60 heavy (non-hydrogen) atoms. The SMILES string of the molecule is CN1CCN([C@@H]2CCCN(c3cnc(C(N)=O)c(Nc4ccc(C5CCC6(CC5)CC(N5CCc7ccc8c(C9CCC(=O)NC9=O)noc8c7CC5)C6)cc4)n3)C2)C1=O. The molecule has 2 aromatic carbocycles. The van der Waals surface area contributed by atoms with Crippen molar-refractivity contribution in [1.82, 2.24) is 35.1 Å². The number of piperidine rings is 2. The number of nitrogens with two attached hydrogens (primary N) is 1. The van der Waals surface area contributed by atoms with Crippen LogP contribution in [0.4, 0.5) is 22.1 Å². The lowest BCUT2D eigenvalue weighted by Crippen LogP contribution is -2.52. The van der Waals surface area contributed by atoms with Gasteiger partial charge in [-0.15, -0.1) is 0 Å². The second-order valence-electron chi connectivity index (χ2n) is 18.2. The molecule has 5 fully saturated rings. The summed E-state index contributed by atoms with van der Waals surface area (Å²) in [6, 6.07) is 13.5. The van der Waals surface area contributed by atoms with Gasteiger partial charge in [0.15, 0.2) is 17.1 Å². The van der Waals surface area contributed by atoms with Crippen molar-refractivity contribution < 1.29 is 23.7 Å². The molecule has 4 N–H and O–H groups in total. The fourth-order valence-electron chi connectivity index (χ4n) is 11.2. The van der Waals surface area contributed by atoms with Crippen molar-refractivity contribution in [3.8, 4) is 0 Å². The van der Waals surface area contributed by atoms with Crippen molar-refractivity contribution in [1.29, 1.82) is 0 Å². The van der Waals surface area contributed by atoms with Crippen LogP contribution >= 0.6 is 0 Å². The van der Waals surface area contributed by atoms with Gasteiger partial charge in [-0.05, 0) is 111 Å². The van der Waals surface area contributed by atoms with Crippen LogP contribution in [0.25, 0.3) is 11.0 Å². The Bertz CT molecular complexity index is 2330. The van der Waals surface area contributed by atoms with Crippen LogP contribution in [0.5, 0.6) is 0 Å². The number of hydrogen-bond acceptors (Lipinski definition) is 11. The number of rotatable bonds is 8. The highest BCUT2D eigenvalue weighted by molar-refractivity contribution is 6.02. The third-order valence-electron chi connectivity index (χ3n) is 14.7. The lowest BCUT2D eigenvalue weighted by molar-refractivity contribution is -0.134. The Labute approximate surface area is 349 Å². The molecule has 5 amide bonds. The van der Waals surface area contributed by atoms with Crippen molar-refractivity contribution in [2.24, 2.45) is 11.1 Å². The third-order valence-corrected chi connectivity index (χ3v) is 14.7. The van der Waals surface area contributed by atoms with Crippen molar-refractivity contribution in [2.75, 3.05) is 56.5 Å². The van der Waals surface area contributed by atoms with Gasteiger partial charge in [0.05, 0.1) is 18.2 Å². The van der Waals surface area contributed by atoms with Crippen LogP contribution in [0, 0.1) is 5.41 Å². The Kier molecular flexibility index (Phi) is 9.96. The van der Waals surface area contributed by atoms with Crippen LogP contribution in [0.15, 0.2) is 47.1 Å². The maximum Gasteiger partial charge on any atom is 0.320 e. The van der Waals surface area contributed by atoms with Gasteiger partial charge >= 0.3 is 6.03 Å². The van der Waals surface area contributed by atoms with Crippen LogP contribution < -0.4 is 21.3 Å². The van der Waals surface area contributed by atoms with E-state index in [0.29, 0.717) is 54.1 Å². The molecule has 3 saturated heterocycles. The maximum atomic E-state index is 12.7. The van der Waals surface area contributed by atoms with Gasteiger partial charge in [0.25, 0.3) is 5.91 Å². The summed E-state index contributed by atoms with van der Waals surface area (Å²) >= 11 is 0. The number of anilines is 3. The first-order valence-electron chi connectivity index (χ1n) is 21.9. The van der Waals surface area contributed by atoms with E-state index in [0.717, 1.165) is 75.1 Å². The lowest BCUT2D eigenvalue weighted by Gasteiger charge is -2.55. The third kappa shape index (κ3) is 7.13. The number of carbonyl (C=O) groups excluding carboxylic acids is 4. The summed E-state index contributed by atoms with van der Waals surface area (Å²) in [7, 11) is 1.84. The standard InChI is InChI=1S/C45H54N10O5/c1-52-21-22-55(44(52)59)31-3-2-18-54(26-31)36-25-47-39(41(46)57)42(49-36)48-30-7-4-27(5-8-30)28-12-16-45(17-13-28)23-32(24-45)53-19-14-29-6-9-34-38(35-10-11-37(56)50-43(35)58)51-60-40(34)33(29)15-20-53/h4-9,25,28,31-32,35H,2-3,10-24,26H2,1H3,(H2,46,57)(H,48,49)(H,50,56,58)/t28?,31-,32?,35?,45?/m1/s1. The first-order valence-corrected chi connectivity index (χ1v) is 21.9.